The second kappa shape index (κ2) is 5.14. The Bertz CT molecular complexity index is 376. The fourth-order valence-corrected chi connectivity index (χ4v) is 3.97. The zero-order valence-corrected chi connectivity index (χ0v) is 11.8. The van der Waals surface area contributed by atoms with Gasteiger partial charge in [0.25, 0.3) is 0 Å². The van der Waals surface area contributed by atoms with Crippen LogP contribution in [-0.2, 0) is 9.59 Å². The Hall–Kier alpha value is -1.06. The minimum atomic E-state index is -0.247. The molecule has 106 valence electrons. The molecule has 2 heterocycles. The first-order valence-corrected chi connectivity index (χ1v) is 7.79. The van der Waals surface area contributed by atoms with Gasteiger partial charge in [0.1, 0.15) is 12.1 Å². The third-order valence-electron chi connectivity index (χ3n) is 5.18. The third-order valence-corrected chi connectivity index (χ3v) is 5.18. The van der Waals surface area contributed by atoms with Crippen molar-refractivity contribution in [2.45, 2.75) is 64.0 Å². The first-order chi connectivity index (χ1) is 9.18. The molecule has 4 nitrogen and oxygen atoms in total. The van der Waals surface area contributed by atoms with Gasteiger partial charge in [-0.3, -0.25) is 9.59 Å². The number of hydrogen-bond donors (Lipinski definition) is 0. The average molecular weight is 264 g/mol. The Morgan fingerprint density at radius 1 is 1.05 bits per heavy atom. The van der Waals surface area contributed by atoms with Gasteiger partial charge in [-0.1, -0.05) is 25.7 Å². The Labute approximate surface area is 115 Å². The number of rotatable bonds is 3. The second-order valence-electron chi connectivity index (χ2n) is 6.34. The molecule has 4 heteroatoms. The SMILES string of the molecule is CC1C(=O)N2CCCC2C(=O)N1CCC1CCCC1. The van der Waals surface area contributed by atoms with Crippen molar-refractivity contribution in [1.29, 1.82) is 0 Å². The smallest absolute Gasteiger partial charge is 0.246 e. The van der Waals surface area contributed by atoms with Crippen LogP contribution in [0.5, 0.6) is 0 Å². The van der Waals surface area contributed by atoms with Gasteiger partial charge in [0.05, 0.1) is 0 Å². The van der Waals surface area contributed by atoms with Crippen LogP contribution in [0.3, 0.4) is 0 Å². The molecule has 2 atom stereocenters. The van der Waals surface area contributed by atoms with Crippen molar-refractivity contribution in [2.24, 2.45) is 5.92 Å². The van der Waals surface area contributed by atoms with Gasteiger partial charge >= 0.3 is 0 Å². The normalized spacial score (nSPS) is 32.3. The molecule has 1 aliphatic carbocycles. The van der Waals surface area contributed by atoms with E-state index in [-0.39, 0.29) is 23.9 Å². The first kappa shape index (κ1) is 12.9. The van der Waals surface area contributed by atoms with Crippen LogP contribution < -0.4 is 0 Å². The van der Waals surface area contributed by atoms with Gasteiger partial charge in [-0.15, -0.1) is 0 Å². The average Bonchev–Trinajstić information content (AvgIpc) is 3.07. The highest BCUT2D eigenvalue weighted by atomic mass is 16.2. The molecule has 0 bridgehead atoms. The Kier molecular flexibility index (Phi) is 3.50. The highest BCUT2D eigenvalue weighted by Gasteiger charge is 2.45. The molecule has 1 saturated carbocycles. The predicted octanol–water partition coefficient (Wildman–Crippen LogP) is 1.79. The van der Waals surface area contributed by atoms with Gasteiger partial charge in [0.15, 0.2) is 0 Å². The molecule has 3 rings (SSSR count). The summed E-state index contributed by atoms with van der Waals surface area (Å²) in [6, 6.07) is -0.393. The summed E-state index contributed by atoms with van der Waals surface area (Å²) < 4.78 is 0. The second-order valence-corrected chi connectivity index (χ2v) is 6.34. The van der Waals surface area contributed by atoms with E-state index in [1.54, 1.807) is 4.90 Å². The van der Waals surface area contributed by atoms with Gasteiger partial charge in [-0.2, -0.15) is 0 Å². The fourth-order valence-electron chi connectivity index (χ4n) is 3.97. The number of carbonyl (C=O) groups excluding carboxylic acids is 2. The van der Waals surface area contributed by atoms with Gasteiger partial charge in [-0.25, -0.2) is 0 Å². The summed E-state index contributed by atoms with van der Waals surface area (Å²) >= 11 is 0. The fraction of sp³-hybridized carbons (Fsp3) is 0.867. The predicted molar refractivity (Wildman–Crippen MR) is 72.5 cm³/mol. The van der Waals surface area contributed by atoms with E-state index in [9.17, 15) is 9.59 Å². The highest BCUT2D eigenvalue weighted by Crippen LogP contribution is 2.30. The molecular weight excluding hydrogens is 240 g/mol. The summed E-state index contributed by atoms with van der Waals surface area (Å²) in [4.78, 5) is 28.4. The number of hydrogen-bond acceptors (Lipinski definition) is 2. The quantitative estimate of drug-likeness (QED) is 0.779. The maximum absolute atomic E-state index is 12.5. The Balaban J connectivity index is 1.65. The molecule has 0 aromatic carbocycles. The maximum atomic E-state index is 12.5. The van der Waals surface area contributed by atoms with Crippen LogP contribution in [0.15, 0.2) is 0 Å². The molecule has 3 fully saturated rings. The summed E-state index contributed by atoms with van der Waals surface area (Å²) in [5.74, 6) is 1.13. The number of nitrogens with zero attached hydrogens (tertiary/aromatic N) is 2. The van der Waals surface area contributed by atoms with Crippen molar-refractivity contribution in [3.63, 3.8) is 0 Å². The van der Waals surface area contributed by atoms with Gasteiger partial charge in [-0.05, 0) is 32.1 Å². The zero-order chi connectivity index (χ0) is 13.4. The molecule has 2 unspecified atom stereocenters. The van der Waals surface area contributed by atoms with Crippen LogP contribution in [0.1, 0.15) is 51.9 Å². The molecule has 2 aliphatic heterocycles. The molecule has 2 amide bonds. The molecule has 0 N–H and O–H groups in total. The zero-order valence-electron chi connectivity index (χ0n) is 11.8. The monoisotopic (exact) mass is 264 g/mol. The largest absolute Gasteiger partial charge is 0.329 e. The van der Waals surface area contributed by atoms with Crippen molar-refractivity contribution < 1.29 is 9.59 Å². The van der Waals surface area contributed by atoms with Crippen molar-refractivity contribution >= 4 is 11.8 Å². The minimum absolute atomic E-state index is 0.146. The van der Waals surface area contributed by atoms with Crippen LogP contribution in [0.4, 0.5) is 0 Å². The van der Waals surface area contributed by atoms with Crippen LogP contribution >= 0.6 is 0 Å². The molecule has 0 radical (unpaired) electrons. The molecule has 0 spiro atoms. The first-order valence-electron chi connectivity index (χ1n) is 7.79. The van der Waals surface area contributed by atoms with Gasteiger partial charge in [0, 0.05) is 13.1 Å². The lowest BCUT2D eigenvalue weighted by molar-refractivity contribution is -0.158. The van der Waals surface area contributed by atoms with Gasteiger partial charge < -0.3 is 9.80 Å². The molecule has 19 heavy (non-hydrogen) atoms. The molecule has 3 aliphatic rings. The standard InChI is InChI=1S/C15H24N2O2/c1-11-14(18)17-9-4-7-13(17)15(19)16(11)10-8-12-5-2-3-6-12/h11-13H,2-10H2,1H3. The third kappa shape index (κ3) is 2.26. The van der Waals surface area contributed by atoms with Crippen LogP contribution in [-0.4, -0.2) is 46.8 Å². The van der Waals surface area contributed by atoms with E-state index in [0.29, 0.717) is 0 Å². The summed E-state index contributed by atoms with van der Waals surface area (Å²) in [5.41, 5.74) is 0. The molecule has 2 saturated heterocycles. The molecule has 0 aromatic rings. The van der Waals surface area contributed by atoms with Crippen molar-refractivity contribution in [1.82, 2.24) is 9.80 Å². The lowest BCUT2D eigenvalue weighted by atomic mass is 10.0. The van der Waals surface area contributed by atoms with Crippen molar-refractivity contribution in [2.75, 3.05) is 13.1 Å². The van der Waals surface area contributed by atoms with Crippen LogP contribution in [0, 0.1) is 5.92 Å². The molecule has 0 aromatic heterocycles. The summed E-state index contributed by atoms with van der Waals surface area (Å²) in [6.45, 7) is 3.44. The minimum Gasteiger partial charge on any atom is -0.329 e. The van der Waals surface area contributed by atoms with E-state index in [1.165, 1.54) is 25.7 Å². The van der Waals surface area contributed by atoms with E-state index < -0.39 is 0 Å². The maximum Gasteiger partial charge on any atom is 0.246 e. The summed E-state index contributed by atoms with van der Waals surface area (Å²) in [7, 11) is 0. The number of fused-ring (bicyclic) bond motifs is 1. The van der Waals surface area contributed by atoms with E-state index in [4.69, 9.17) is 0 Å². The lowest BCUT2D eigenvalue weighted by Crippen LogP contribution is -2.61. The van der Waals surface area contributed by atoms with E-state index in [1.807, 2.05) is 11.8 Å². The van der Waals surface area contributed by atoms with Crippen LogP contribution in [0.2, 0.25) is 0 Å². The van der Waals surface area contributed by atoms with E-state index >= 15 is 0 Å². The van der Waals surface area contributed by atoms with Crippen molar-refractivity contribution in [3.05, 3.63) is 0 Å². The summed E-state index contributed by atoms with van der Waals surface area (Å²) in [6.07, 6.45) is 8.20. The summed E-state index contributed by atoms with van der Waals surface area (Å²) in [5, 5.41) is 0. The Morgan fingerprint density at radius 2 is 1.79 bits per heavy atom. The van der Waals surface area contributed by atoms with Gasteiger partial charge in [0.2, 0.25) is 11.8 Å². The van der Waals surface area contributed by atoms with E-state index in [0.717, 1.165) is 38.3 Å². The number of piperazine rings is 1. The Morgan fingerprint density at radius 3 is 2.53 bits per heavy atom. The van der Waals surface area contributed by atoms with Crippen LogP contribution in [0.25, 0.3) is 0 Å². The lowest BCUT2D eigenvalue weighted by Gasteiger charge is -2.41. The van der Waals surface area contributed by atoms with Crippen molar-refractivity contribution in [3.8, 4) is 0 Å². The highest BCUT2D eigenvalue weighted by molar-refractivity contribution is 5.97. The topological polar surface area (TPSA) is 40.6 Å². The van der Waals surface area contributed by atoms with E-state index in [2.05, 4.69) is 0 Å². The number of amides is 2. The number of carbonyl (C=O) groups is 2. The molecular formula is C15H24N2O2.